The summed E-state index contributed by atoms with van der Waals surface area (Å²) in [6, 6.07) is 33.5. The second-order valence-corrected chi connectivity index (χ2v) is 16.0. The van der Waals surface area contributed by atoms with E-state index in [0.29, 0.717) is 45.3 Å². The van der Waals surface area contributed by atoms with Crippen LogP contribution in [0.2, 0.25) is 0 Å². The first kappa shape index (κ1) is 44.0. The number of nitrogens with zero attached hydrogens (tertiary/aromatic N) is 5. The fourth-order valence-electron chi connectivity index (χ4n) is 7.58. The van der Waals surface area contributed by atoms with Crippen LogP contribution in [0.4, 0.5) is 11.4 Å². The molecule has 0 spiro atoms. The number of likely N-dealkylation sites (tertiary alicyclic amines) is 1. The number of para-hydroxylation sites is 2. The lowest BCUT2D eigenvalue weighted by atomic mass is 9.95. The van der Waals surface area contributed by atoms with Crippen LogP contribution < -0.4 is 21.3 Å². The van der Waals surface area contributed by atoms with Crippen LogP contribution in [0.25, 0.3) is 22.5 Å². The standard InChI is InChI=1S/C25H27N5O2.C25H26N4O2.6H2/c1-17-23(25(32)28-20-9-4-3-5-10-20)29-22(16-26-17)18-7-6-8-19(15-18)24(31)27-21-11-13-30(2)14-12-21;1-17-23(25(31)28-21-10-6-3-7-11-21)29-22(16-26-17)18-12-14-19(15-13-18)24(30)27-20-8-4-2-5-9-20;;;;;;/h3-10,15-16,21H,11-14H2,1-2H3,(H,27,31)(H,28,32);3,6-7,10-16,20H,2,4-5,8-9H2,1H3,(H,27,30)(H,28,31);6*1H. The number of benzene rings is 4. The third-order valence-corrected chi connectivity index (χ3v) is 11.3. The van der Waals surface area contributed by atoms with Crippen LogP contribution in [0.5, 0.6) is 0 Å². The van der Waals surface area contributed by atoms with Crippen LogP contribution in [-0.2, 0) is 0 Å². The number of anilines is 2. The zero-order valence-electron chi connectivity index (χ0n) is 35.9. The van der Waals surface area contributed by atoms with Crippen LogP contribution in [0.3, 0.4) is 0 Å². The normalized spacial score (nSPS) is 14.4. The van der Waals surface area contributed by atoms with E-state index in [9.17, 15) is 19.2 Å². The van der Waals surface area contributed by atoms with Gasteiger partial charge in [0.25, 0.3) is 23.6 Å². The van der Waals surface area contributed by atoms with E-state index >= 15 is 0 Å². The van der Waals surface area contributed by atoms with Gasteiger partial charge in [0.15, 0.2) is 0 Å². The zero-order chi connectivity index (χ0) is 44.1. The van der Waals surface area contributed by atoms with Gasteiger partial charge < -0.3 is 26.2 Å². The third-order valence-electron chi connectivity index (χ3n) is 11.3. The lowest BCUT2D eigenvalue weighted by molar-refractivity contribution is 0.0912. The van der Waals surface area contributed by atoms with Crippen molar-refractivity contribution in [2.24, 2.45) is 0 Å². The molecule has 2 fully saturated rings. The monoisotopic (exact) mass is 856 g/mol. The molecule has 4 aromatic carbocycles. The van der Waals surface area contributed by atoms with Gasteiger partial charge in [-0.1, -0.05) is 79.9 Å². The van der Waals surface area contributed by atoms with Crippen LogP contribution in [-0.4, -0.2) is 80.7 Å². The van der Waals surface area contributed by atoms with Crippen molar-refractivity contribution >= 4 is 35.0 Å². The summed E-state index contributed by atoms with van der Waals surface area (Å²) in [5.41, 5.74) is 6.88. The molecule has 1 saturated carbocycles. The average Bonchev–Trinajstić information content (AvgIpc) is 3.31. The molecule has 1 saturated heterocycles. The van der Waals surface area contributed by atoms with E-state index in [1.807, 2.05) is 84.9 Å². The van der Waals surface area contributed by atoms with Crippen molar-refractivity contribution in [2.45, 2.75) is 70.9 Å². The van der Waals surface area contributed by atoms with E-state index in [1.165, 1.54) is 19.3 Å². The molecule has 0 unspecified atom stereocenters. The quantitative estimate of drug-likeness (QED) is 0.105. The second kappa shape index (κ2) is 21.1. The van der Waals surface area contributed by atoms with E-state index in [1.54, 1.807) is 50.5 Å². The van der Waals surface area contributed by atoms with Gasteiger partial charge in [-0.3, -0.25) is 29.1 Å². The van der Waals surface area contributed by atoms with Crippen LogP contribution >= 0.6 is 0 Å². The van der Waals surface area contributed by atoms with Gasteiger partial charge in [0, 0.05) is 54.3 Å². The fourth-order valence-corrected chi connectivity index (χ4v) is 7.58. The van der Waals surface area contributed by atoms with Gasteiger partial charge in [-0.2, -0.15) is 0 Å². The van der Waals surface area contributed by atoms with E-state index in [4.69, 9.17) is 0 Å². The third kappa shape index (κ3) is 12.0. The molecule has 13 heteroatoms. The van der Waals surface area contributed by atoms with E-state index in [2.05, 4.69) is 53.2 Å². The van der Waals surface area contributed by atoms with Gasteiger partial charge in [-0.05, 0) is 108 Å². The number of hydrogen-bond donors (Lipinski definition) is 4. The van der Waals surface area contributed by atoms with Crippen LogP contribution in [0.1, 0.15) is 107 Å². The Morgan fingerprint density at radius 2 is 1.03 bits per heavy atom. The Morgan fingerprint density at radius 3 is 1.57 bits per heavy atom. The summed E-state index contributed by atoms with van der Waals surface area (Å²) < 4.78 is 0. The summed E-state index contributed by atoms with van der Waals surface area (Å²) in [6.45, 7) is 5.48. The maximum absolute atomic E-state index is 12.8. The van der Waals surface area contributed by atoms with Crippen molar-refractivity contribution in [2.75, 3.05) is 30.8 Å². The SMILES string of the molecule is Cc1ncc(-c2ccc(C(=O)NC3CCCCC3)cc2)nc1C(=O)Nc1ccccc1.Cc1ncc(-c2cccc(C(=O)NC3CCN(C)CC3)c2)nc1C(=O)Nc1ccccc1.[HH].[HH].[HH].[HH].[HH].[HH]. The minimum absolute atomic E-state index is 0. The summed E-state index contributed by atoms with van der Waals surface area (Å²) in [7, 11) is 2.10. The number of rotatable bonds is 10. The summed E-state index contributed by atoms with van der Waals surface area (Å²) in [6.07, 6.45) is 10.9. The van der Waals surface area contributed by atoms with Gasteiger partial charge >= 0.3 is 0 Å². The summed E-state index contributed by atoms with van der Waals surface area (Å²) >= 11 is 0. The Kier molecular flexibility index (Phi) is 14.7. The van der Waals surface area contributed by atoms with Gasteiger partial charge in [0.2, 0.25) is 0 Å². The molecule has 0 atom stereocenters. The molecule has 334 valence electrons. The number of aryl methyl sites for hydroxylation is 2. The van der Waals surface area contributed by atoms with Gasteiger partial charge in [0.05, 0.1) is 35.2 Å². The molecule has 4 N–H and O–H groups in total. The molecule has 2 aliphatic rings. The Morgan fingerprint density at radius 1 is 0.540 bits per heavy atom. The van der Waals surface area contributed by atoms with Crippen molar-refractivity contribution < 1.29 is 27.7 Å². The number of carbonyl (C=O) groups excluding carboxylic acids is 4. The molecule has 0 bridgehead atoms. The average molecular weight is 856 g/mol. The zero-order valence-corrected chi connectivity index (χ0v) is 35.9. The van der Waals surface area contributed by atoms with Crippen molar-refractivity contribution in [3.63, 3.8) is 0 Å². The maximum Gasteiger partial charge on any atom is 0.276 e. The predicted octanol–water partition coefficient (Wildman–Crippen LogP) is 9.77. The molecule has 4 amide bonds. The molecule has 6 aromatic rings. The Balaban J connectivity index is 0.000000635. The van der Waals surface area contributed by atoms with Gasteiger partial charge in [-0.25, -0.2) is 9.97 Å². The molecule has 1 aliphatic carbocycles. The predicted molar refractivity (Wildman–Crippen MR) is 258 cm³/mol. The molecule has 0 radical (unpaired) electrons. The van der Waals surface area contributed by atoms with Crippen molar-refractivity contribution in [1.82, 2.24) is 35.5 Å². The summed E-state index contributed by atoms with van der Waals surface area (Å²) in [5.74, 6) is -0.763. The maximum atomic E-state index is 12.8. The lowest BCUT2D eigenvalue weighted by Crippen LogP contribution is -2.43. The van der Waals surface area contributed by atoms with Crippen LogP contribution in [0.15, 0.2) is 122 Å². The number of amides is 4. The first-order chi connectivity index (χ1) is 30.6. The highest BCUT2D eigenvalue weighted by Gasteiger charge is 2.21. The Bertz CT molecular complexity index is 2550. The van der Waals surface area contributed by atoms with Gasteiger partial charge in [-0.15, -0.1) is 0 Å². The molecule has 8 rings (SSSR count). The van der Waals surface area contributed by atoms with E-state index in [-0.39, 0.29) is 55.7 Å². The van der Waals surface area contributed by atoms with Crippen LogP contribution in [0, 0.1) is 13.8 Å². The van der Waals surface area contributed by atoms with Crippen molar-refractivity contribution in [3.8, 4) is 22.5 Å². The minimum Gasteiger partial charge on any atom is -0.349 e. The van der Waals surface area contributed by atoms with E-state index < -0.39 is 0 Å². The molecule has 1 aliphatic heterocycles. The molecular weight excluding hydrogens is 791 g/mol. The second-order valence-electron chi connectivity index (χ2n) is 16.0. The van der Waals surface area contributed by atoms with Crippen molar-refractivity contribution in [1.29, 1.82) is 0 Å². The topological polar surface area (TPSA) is 171 Å². The fraction of sp³-hybridized carbons (Fsp3) is 0.280. The highest BCUT2D eigenvalue weighted by atomic mass is 16.2. The number of nitrogens with one attached hydrogen (secondary N) is 4. The molecule has 3 heterocycles. The highest BCUT2D eigenvalue weighted by molar-refractivity contribution is 6.04. The van der Waals surface area contributed by atoms with Gasteiger partial charge in [0.1, 0.15) is 11.4 Å². The largest absolute Gasteiger partial charge is 0.349 e. The summed E-state index contributed by atoms with van der Waals surface area (Å²) in [4.78, 5) is 70.8. The molecule has 13 nitrogen and oxygen atoms in total. The first-order valence-corrected chi connectivity index (χ1v) is 21.5. The molecule has 63 heavy (non-hydrogen) atoms. The summed E-state index contributed by atoms with van der Waals surface area (Å²) in [5, 5.41) is 12.0. The number of carbonyl (C=O) groups is 4. The number of piperidine rings is 1. The first-order valence-electron chi connectivity index (χ1n) is 21.5. The number of aromatic nitrogens is 4. The lowest BCUT2D eigenvalue weighted by Gasteiger charge is -2.29. The molecule has 2 aromatic heterocycles. The molecular formula is C50H65N9O4. The smallest absolute Gasteiger partial charge is 0.276 e. The Hall–Kier alpha value is -7.12. The highest BCUT2D eigenvalue weighted by Crippen LogP contribution is 2.23. The van der Waals surface area contributed by atoms with E-state index in [0.717, 1.165) is 49.9 Å². The minimum atomic E-state index is -0.320. The van der Waals surface area contributed by atoms with Crippen molar-refractivity contribution in [3.05, 3.63) is 155 Å². The number of hydrogen-bond acceptors (Lipinski definition) is 9. The Labute approximate surface area is 377 Å².